The Kier molecular flexibility index (Phi) is 4.65. The van der Waals surface area contributed by atoms with Gasteiger partial charge in [0.15, 0.2) is 0 Å². The Morgan fingerprint density at radius 2 is 1.94 bits per heavy atom. The van der Waals surface area contributed by atoms with Crippen LogP contribution >= 0.6 is 11.6 Å². The van der Waals surface area contributed by atoms with E-state index in [9.17, 15) is 8.78 Å². The largest absolute Gasteiger partial charge is 0.390 e. The second-order valence-corrected chi connectivity index (χ2v) is 4.10. The molecule has 0 aliphatic carbocycles. The lowest BCUT2D eigenvalue weighted by molar-refractivity contribution is -0.0490. The van der Waals surface area contributed by atoms with Gasteiger partial charge in [0.2, 0.25) is 0 Å². The zero-order chi connectivity index (χ0) is 12.2. The Balaban J connectivity index is 2.53. The predicted molar refractivity (Wildman–Crippen MR) is 59.9 cm³/mol. The van der Waals surface area contributed by atoms with Crippen molar-refractivity contribution in [3.8, 4) is 0 Å². The number of rotatable bonds is 5. The van der Waals surface area contributed by atoms with Crippen molar-refractivity contribution in [3.05, 3.63) is 34.9 Å². The van der Waals surface area contributed by atoms with Gasteiger partial charge in [-0.2, -0.15) is 0 Å². The summed E-state index contributed by atoms with van der Waals surface area (Å²) in [5.41, 5.74) is 0.873. The Bertz CT molecular complexity index is 329. The van der Waals surface area contributed by atoms with Crippen LogP contribution in [0.1, 0.15) is 18.5 Å². The fraction of sp³-hybridized carbons (Fsp3) is 0.455. The summed E-state index contributed by atoms with van der Waals surface area (Å²) in [5.74, 6) is -3.08. The molecule has 1 unspecified atom stereocenters. The van der Waals surface area contributed by atoms with Gasteiger partial charge in [-0.15, -0.1) is 0 Å². The molecule has 0 radical (unpaired) electrons. The van der Waals surface area contributed by atoms with Crippen molar-refractivity contribution in [2.75, 3.05) is 13.2 Å². The van der Waals surface area contributed by atoms with Gasteiger partial charge in [-0.25, -0.2) is 8.78 Å². The smallest absolute Gasteiger partial charge is 0.282 e. The topological polar surface area (TPSA) is 32.3 Å². The standard InChI is InChI=1S/C11H14ClF2NO/c1-8(15-6-11(13,14)7-16)9-2-4-10(12)5-3-9/h2-5,8,15-16H,6-7H2,1H3. The van der Waals surface area contributed by atoms with Crippen molar-refractivity contribution in [2.45, 2.75) is 18.9 Å². The van der Waals surface area contributed by atoms with E-state index < -0.39 is 19.1 Å². The highest BCUT2D eigenvalue weighted by Crippen LogP contribution is 2.18. The monoisotopic (exact) mass is 249 g/mol. The van der Waals surface area contributed by atoms with Crippen molar-refractivity contribution < 1.29 is 13.9 Å². The molecule has 0 aromatic heterocycles. The van der Waals surface area contributed by atoms with E-state index in [4.69, 9.17) is 16.7 Å². The summed E-state index contributed by atoms with van der Waals surface area (Å²) in [7, 11) is 0. The third-order valence-electron chi connectivity index (χ3n) is 2.27. The fourth-order valence-corrected chi connectivity index (χ4v) is 1.35. The zero-order valence-corrected chi connectivity index (χ0v) is 9.64. The van der Waals surface area contributed by atoms with Gasteiger partial charge in [0.25, 0.3) is 5.92 Å². The van der Waals surface area contributed by atoms with E-state index in [1.165, 1.54) is 0 Å². The highest BCUT2D eigenvalue weighted by Gasteiger charge is 2.27. The third-order valence-corrected chi connectivity index (χ3v) is 2.52. The number of aliphatic hydroxyl groups is 1. The number of hydrogen-bond acceptors (Lipinski definition) is 2. The van der Waals surface area contributed by atoms with Crippen LogP contribution in [-0.4, -0.2) is 24.2 Å². The van der Waals surface area contributed by atoms with E-state index in [1.807, 2.05) is 0 Å². The molecule has 90 valence electrons. The number of alkyl halides is 2. The molecular weight excluding hydrogens is 236 g/mol. The van der Waals surface area contributed by atoms with Gasteiger partial charge in [-0.05, 0) is 24.6 Å². The first-order valence-corrected chi connectivity index (χ1v) is 5.30. The zero-order valence-electron chi connectivity index (χ0n) is 8.88. The quantitative estimate of drug-likeness (QED) is 0.841. The molecule has 1 atom stereocenters. The molecule has 2 nitrogen and oxygen atoms in total. The number of benzene rings is 1. The van der Waals surface area contributed by atoms with Gasteiger partial charge in [0.1, 0.15) is 6.61 Å². The third kappa shape index (κ3) is 4.04. The maximum Gasteiger partial charge on any atom is 0.282 e. The van der Waals surface area contributed by atoms with Gasteiger partial charge >= 0.3 is 0 Å². The second kappa shape index (κ2) is 5.57. The fourth-order valence-electron chi connectivity index (χ4n) is 1.23. The predicted octanol–water partition coefficient (Wildman–Crippen LogP) is 2.62. The first-order valence-electron chi connectivity index (χ1n) is 4.92. The Hall–Kier alpha value is -0.710. The minimum absolute atomic E-state index is 0.213. The summed E-state index contributed by atoms with van der Waals surface area (Å²) < 4.78 is 25.5. The summed E-state index contributed by atoms with van der Waals surface area (Å²) in [4.78, 5) is 0. The van der Waals surface area contributed by atoms with E-state index in [0.29, 0.717) is 5.02 Å². The van der Waals surface area contributed by atoms with Crippen LogP contribution < -0.4 is 5.32 Å². The van der Waals surface area contributed by atoms with Crippen LogP contribution in [0.4, 0.5) is 8.78 Å². The maximum absolute atomic E-state index is 12.8. The molecule has 16 heavy (non-hydrogen) atoms. The van der Waals surface area contributed by atoms with E-state index in [0.717, 1.165) is 5.56 Å². The van der Waals surface area contributed by atoms with Crippen LogP contribution in [0.5, 0.6) is 0 Å². The normalized spacial score (nSPS) is 13.8. The lowest BCUT2D eigenvalue weighted by Crippen LogP contribution is -2.37. The van der Waals surface area contributed by atoms with Crippen molar-refractivity contribution in [2.24, 2.45) is 0 Å². The summed E-state index contributed by atoms with van der Waals surface area (Å²) in [6, 6.07) is 6.75. The van der Waals surface area contributed by atoms with Crippen molar-refractivity contribution in [3.63, 3.8) is 0 Å². The van der Waals surface area contributed by atoms with E-state index in [1.54, 1.807) is 31.2 Å². The minimum Gasteiger partial charge on any atom is -0.390 e. The molecule has 5 heteroatoms. The average molecular weight is 250 g/mol. The van der Waals surface area contributed by atoms with E-state index in [-0.39, 0.29) is 6.04 Å². The molecule has 1 aromatic rings. The highest BCUT2D eigenvalue weighted by molar-refractivity contribution is 6.30. The number of hydrogen-bond donors (Lipinski definition) is 2. The van der Waals surface area contributed by atoms with Crippen LogP contribution in [0.3, 0.4) is 0 Å². The van der Waals surface area contributed by atoms with Crippen molar-refractivity contribution in [1.82, 2.24) is 5.32 Å². The maximum atomic E-state index is 12.8. The van der Waals surface area contributed by atoms with Crippen molar-refractivity contribution >= 4 is 11.6 Å². The number of nitrogens with one attached hydrogen (secondary N) is 1. The Morgan fingerprint density at radius 1 is 1.38 bits per heavy atom. The summed E-state index contributed by atoms with van der Waals surface area (Å²) in [6.45, 7) is 0.0807. The molecule has 0 saturated heterocycles. The molecular formula is C11H14ClF2NO. The van der Waals surface area contributed by atoms with Crippen molar-refractivity contribution in [1.29, 1.82) is 0 Å². The lowest BCUT2D eigenvalue weighted by Gasteiger charge is -2.19. The SMILES string of the molecule is CC(NCC(F)(F)CO)c1ccc(Cl)cc1. The summed E-state index contributed by atoms with van der Waals surface area (Å²) in [5, 5.41) is 11.7. The molecule has 0 aliphatic rings. The van der Waals surface area contributed by atoms with Gasteiger partial charge in [-0.1, -0.05) is 23.7 Å². The van der Waals surface area contributed by atoms with Gasteiger partial charge in [0, 0.05) is 11.1 Å². The van der Waals surface area contributed by atoms with Gasteiger partial charge in [0.05, 0.1) is 6.54 Å². The first kappa shape index (κ1) is 13.4. The first-order chi connectivity index (χ1) is 7.44. The Morgan fingerprint density at radius 3 is 2.44 bits per heavy atom. The molecule has 0 aliphatic heterocycles. The van der Waals surface area contributed by atoms with Crippen LogP contribution in [0.15, 0.2) is 24.3 Å². The van der Waals surface area contributed by atoms with Crippen LogP contribution in [0, 0.1) is 0 Å². The lowest BCUT2D eigenvalue weighted by atomic mass is 10.1. The van der Waals surface area contributed by atoms with Gasteiger partial charge < -0.3 is 10.4 Å². The Labute approximate surface area is 98.2 Å². The average Bonchev–Trinajstić information content (AvgIpc) is 2.27. The molecule has 0 amide bonds. The molecule has 1 aromatic carbocycles. The summed E-state index contributed by atoms with van der Waals surface area (Å²) in [6.07, 6.45) is 0. The molecule has 0 fully saturated rings. The van der Waals surface area contributed by atoms with Crippen LogP contribution in [-0.2, 0) is 0 Å². The molecule has 0 spiro atoms. The van der Waals surface area contributed by atoms with Crippen LogP contribution in [0.2, 0.25) is 5.02 Å². The molecule has 0 heterocycles. The minimum atomic E-state index is -3.08. The number of aliphatic hydroxyl groups excluding tert-OH is 1. The summed E-state index contributed by atoms with van der Waals surface area (Å²) >= 11 is 5.71. The molecule has 1 rings (SSSR count). The van der Waals surface area contributed by atoms with Gasteiger partial charge in [-0.3, -0.25) is 0 Å². The second-order valence-electron chi connectivity index (χ2n) is 3.67. The number of halogens is 3. The van der Waals surface area contributed by atoms with Crippen LogP contribution in [0.25, 0.3) is 0 Å². The van der Waals surface area contributed by atoms with E-state index in [2.05, 4.69) is 5.32 Å². The van der Waals surface area contributed by atoms with E-state index >= 15 is 0 Å². The molecule has 0 saturated carbocycles. The highest BCUT2D eigenvalue weighted by atomic mass is 35.5. The molecule has 2 N–H and O–H groups in total. The molecule has 0 bridgehead atoms.